The van der Waals surface area contributed by atoms with Crippen LogP contribution in [0.15, 0.2) is 22.7 Å². The average molecular weight is 331 g/mol. The number of hydrogen-bond donors (Lipinski definition) is 1. The maximum atomic E-state index is 11.8. The summed E-state index contributed by atoms with van der Waals surface area (Å²) in [4.78, 5) is 22.0. The lowest BCUT2D eigenvalue weighted by Crippen LogP contribution is -2.25. The molecule has 104 valence electrons. The van der Waals surface area contributed by atoms with E-state index in [4.69, 9.17) is 4.74 Å². The second kappa shape index (κ2) is 7.85. The molecule has 0 radical (unpaired) electrons. The van der Waals surface area contributed by atoms with Crippen LogP contribution < -0.4 is 5.32 Å². The summed E-state index contributed by atoms with van der Waals surface area (Å²) in [5, 5.41) is 13.4. The molecule has 0 spiro atoms. The van der Waals surface area contributed by atoms with Crippen LogP contribution >= 0.6 is 15.9 Å². The lowest BCUT2D eigenvalue weighted by Gasteiger charge is -2.05. The van der Waals surface area contributed by atoms with E-state index in [2.05, 4.69) is 21.2 Å². The van der Waals surface area contributed by atoms with Gasteiger partial charge in [0.15, 0.2) is 0 Å². The number of rotatable bonds is 7. The van der Waals surface area contributed by atoms with Gasteiger partial charge in [-0.2, -0.15) is 0 Å². The third kappa shape index (κ3) is 4.96. The average Bonchev–Trinajstić information content (AvgIpc) is 2.38. The minimum atomic E-state index is -0.532. The van der Waals surface area contributed by atoms with Crippen LogP contribution in [0.4, 0.5) is 5.69 Å². The standard InChI is InChI=1S/C12H15BrN2O4/c1-2-19-7-3-6-14-12(16)9-4-5-10(13)11(8-9)15(17)18/h4-5,8H,2-3,6-7H2,1H3,(H,14,16). The Balaban J connectivity index is 2.57. The van der Waals surface area contributed by atoms with Crippen LogP contribution in [0.5, 0.6) is 0 Å². The van der Waals surface area contributed by atoms with Crippen molar-refractivity contribution in [2.24, 2.45) is 0 Å². The second-order valence-corrected chi connectivity index (χ2v) is 4.58. The summed E-state index contributed by atoms with van der Waals surface area (Å²) < 4.78 is 5.49. The van der Waals surface area contributed by atoms with Crippen molar-refractivity contribution in [3.63, 3.8) is 0 Å². The van der Waals surface area contributed by atoms with Gasteiger partial charge in [0.05, 0.1) is 9.40 Å². The minimum absolute atomic E-state index is 0.123. The number of carbonyl (C=O) groups is 1. The van der Waals surface area contributed by atoms with Crippen molar-refractivity contribution in [1.82, 2.24) is 5.32 Å². The van der Waals surface area contributed by atoms with Crippen molar-refractivity contribution in [1.29, 1.82) is 0 Å². The lowest BCUT2D eigenvalue weighted by molar-refractivity contribution is -0.385. The topological polar surface area (TPSA) is 81.5 Å². The van der Waals surface area contributed by atoms with E-state index in [-0.39, 0.29) is 17.2 Å². The summed E-state index contributed by atoms with van der Waals surface area (Å²) in [6, 6.07) is 4.28. The van der Waals surface area contributed by atoms with E-state index >= 15 is 0 Å². The van der Waals surface area contributed by atoms with Gasteiger partial charge in [-0.25, -0.2) is 0 Å². The number of carbonyl (C=O) groups excluding carboxylic acids is 1. The van der Waals surface area contributed by atoms with Gasteiger partial charge in [-0.3, -0.25) is 14.9 Å². The normalized spacial score (nSPS) is 10.2. The lowest BCUT2D eigenvalue weighted by atomic mass is 10.2. The molecular weight excluding hydrogens is 316 g/mol. The van der Waals surface area contributed by atoms with Gasteiger partial charge in [0.2, 0.25) is 0 Å². The molecule has 0 fully saturated rings. The van der Waals surface area contributed by atoms with E-state index in [0.29, 0.717) is 30.7 Å². The highest BCUT2D eigenvalue weighted by Gasteiger charge is 2.15. The minimum Gasteiger partial charge on any atom is -0.382 e. The quantitative estimate of drug-likeness (QED) is 0.473. The van der Waals surface area contributed by atoms with Crippen molar-refractivity contribution in [3.05, 3.63) is 38.3 Å². The molecule has 19 heavy (non-hydrogen) atoms. The Labute approximate surface area is 119 Å². The van der Waals surface area contributed by atoms with Crippen LogP contribution in [0.25, 0.3) is 0 Å². The molecular formula is C12H15BrN2O4. The molecule has 1 aromatic rings. The maximum Gasteiger partial charge on any atom is 0.284 e. The first-order valence-corrected chi connectivity index (χ1v) is 6.65. The van der Waals surface area contributed by atoms with Crippen LogP contribution in [0, 0.1) is 10.1 Å². The molecule has 0 aliphatic heterocycles. The van der Waals surface area contributed by atoms with Crippen molar-refractivity contribution >= 4 is 27.5 Å². The van der Waals surface area contributed by atoms with Gasteiger partial charge in [0.1, 0.15) is 0 Å². The second-order valence-electron chi connectivity index (χ2n) is 3.73. The number of nitro groups is 1. The molecule has 0 bridgehead atoms. The number of ether oxygens (including phenoxy) is 1. The van der Waals surface area contributed by atoms with E-state index in [1.54, 1.807) is 0 Å². The molecule has 0 saturated heterocycles. The van der Waals surface area contributed by atoms with Gasteiger partial charge in [0.25, 0.3) is 11.6 Å². The van der Waals surface area contributed by atoms with E-state index in [9.17, 15) is 14.9 Å². The molecule has 1 rings (SSSR count). The molecule has 0 aromatic heterocycles. The van der Waals surface area contributed by atoms with Crippen molar-refractivity contribution < 1.29 is 14.5 Å². The highest BCUT2D eigenvalue weighted by molar-refractivity contribution is 9.10. The number of nitrogens with one attached hydrogen (secondary N) is 1. The Morgan fingerprint density at radius 2 is 2.26 bits per heavy atom. The molecule has 0 aliphatic carbocycles. The number of nitrogens with zero attached hydrogens (tertiary/aromatic N) is 1. The molecule has 1 amide bonds. The van der Waals surface area contributed by atoms with Crippen LogP contribution in [-0.4, -0.2) is 30.6 Å². The maximum absolute atomic E-state index is 11.8. The Morgan fingerprint density at radius 1 is 1.53 bits per heavy atom. The first kappa shape index (κ1) is 15.6. The highest BCUT2D eigenvalue weighted by Crippen LogP contribution is 2.25. The van der Waals surface area contributed by atoms with Gasteiger partial charge >= 0.3 is 0 Å². The first-order valence-electron chi connectivity index (χ1n) is 5.86. The molecule has 1 N–H and O–H groups in total. The van der Waals surface area contributed by atoms with Crippen molar-refractivity contribution in [2.45, 2.75) is 13.3 Å². The Kier molecular flexibility index (Phi) is 6.44. The van der Waals surface area contributed by atoms with E-state index in [0.717, 1.165) is 0 Å². The highest BCUT2D eigenvalue weighted by atomic mass is 79.9. The number of amides is 1. The predicted molar refractivity (Wildman–Crippen MR) is 74.2 cm³/mol. The molecule has 0 aliphatic rings. The Hall–Kier alpha value is -1.47. The van der Waals surface area contributed by atoms with Crippen molar-refractivity contribution in [3.8, 4) is 0 Å². The van der Waals surface area contributed by atoms with Gasteiger partial charge in [-0.05, 0) is 41.4 Å². The van der Waals surface area contributed by atoms with Gasteiger partial charge in [0, 0.05) is 31.4 Å². The molecule has 0 saturated carbocycles. The number of nitro benzene ring substituents is 1. The van der Waals surface area contributed by atoms with E-state index in [1.807, 2.05) is 6.92 Å². The van der Waals surface area contributed by atoms with Crippen LogP contribution in [-0.2, 0) is 4.74 Å². The van der Waals surface area contributed by atoms with Gasteiger partial charge in [-0.1, -0.05) is 0 Å². The molecule has 7 heteroatoms. The fraction of sp³-hybridized carbons (Fsp3) is 0.417. The van der Waals surface area contributed by atoms with E-state index in [1.165, 1.54) is 18.2 Å². The van der Waals surface area contributed by atoms with Crippen LogP contribution in [0.1, 0.15) is 23.7 Å². The fourth-order valence-electron chi connectivity index (χ4n) is 1.42. The van der Waals surface area contributed by atoms with Crippen LogP contribution in [0.2, 0.25) is 0 Å². The molecule has 1 aromatic carbocycles. The molecule has 0 unspecified atom stereocenters. The first-order chi connectivity index (χ1) is 9.06. The zero-order valence-corrected chi connectivity index (χ0v) is 12.1. The Bertz CT molecular complexity index is 465. The smallest absolute Gasteiger partial charge is 0.284 e. The van der Waals surface area contributed by atoms with Crippen LogP contribution in [0.3, 0.4) is 0 Å². The summed E-state index contributed by atoms with van der Waals surface area (Å²) in [5.74, 6) is -0.327. The fourth-order valence-corrected chi connectivity index (χ4v) is 1.81. The summed E-state index contributed by atoms with van der Waals surface area (Å²) in [6.45, 7) is 3.60. The third-order valence-corrected chi connectivity index (χ3v) is 3.03. The number of halogens is 1. The zero-order chi connectivity index (χ0) is 14.3. The zero-order valence-electron chi connectivity index (χ0n) is 10.5. The largest absolute Gasteiger partial charge is 0.382 e. The molecule has 0 atom stereocenters. The third-order valence-electron chi connectivity index (χ3n) is 2.36. The summed E-state index contributed by atoms with van der Waals surface area (Å²) in [6.07, 6.45) is 0.707. The Morgan fingerprint density at radius 3 is 2.89 bits per heavy atom. The monoisotopic (exact) mass is 330 g/mol. The summed E-state index contributed by atoms with van der Waals surface area (Å²) in [7, 11) is 0. The summed E-state index contributed by atoms with van der Waals surface area (Å²) in [5.41, 5.74) is 0.147. The van der Waals surface area contributed by atoms with Crippen molar-refractivity contribution in [2.75, 3.05) is 19.8 Å². The summed E-state index contributed by atoms with van der Waals surface area (Å²) >= 11 is 3.07. The number of hydrogen-bond acceptors (Lipinski definition) is 4. The number of benzene rings is 1. The molecule has 6 nitrogen and oxygen atoms in total. The molecule has 0 heterocycles. The predicted octanol–water partition coefficient (Wildman–Crippen LogP) is 2.51. The van der Waals surface area contributed by atoms with Gasteiger partial charge < -0.3 is 10.1 Å². The van der Waals surface area contributed by atoms with E-state index < -0.39 is 4.92 Å². The van der Waals surface area contributed by atoms with Gasteiger partial charge in [-0.15, -0.1) is 0 Å². The SMILES string of the molecule is CCOCCCNC(=O)c1ccc(Br)c([N+](=O)[O-])c1.